The Morgan fingerprint density at radius 2 is 1.93 bits per heavy atom. The molecule has 152 valence electrons. The monoisotopic (exact) mass is 399 g/mol. The highest BCUT2D eigenvalue weighted by Crippen LogP contribution is 2.33. The van der Waals surface area contributed by atoms with Crippen LogP contribution in [0.3, 0.4) is 0 Å². The number of likely N-dealkylation sites (tertiary alicyclic amines) is 1. The van der Waals surface area contributed by atoms with E-state index in [9.17, 15) is 4.79 Å². The number of rotatable bonds is 3. The van der Waals surface area contributed by atoms with Crippen molar-refractivity contribution in [1.29, 1.82) is 0 Å². The lowest BCUT2D eigenvalue weighted by atomic mass is 10.00. The number of piperidine rings is 1. The molecule has 4 aromatic rings. The number of fused-ring (bicyclic) bond motifs is 2. The van der Waals surface area contributed by atoms with Crippen molar-refractivity contribution >= 4 is 33.4 Å². The fraction of sp³-hybridized carbons (Fsp3) is 0.292. The first-order valence-electron chi connectivity index (χ1n) is 10.4. The number of nitrogens with zero attached hydrogens (tertiary/aromatic N) is 4. The van der Waals surface area contributed by atoms with Crippen LogP contribution in [-0.4, -0.2) is 38.9 Å². The van der Waals surface area contributed by atoms with Gasteiger partial charge in [0.15, 0.2) is 0 Å². The summed E-state index contributed by atoms with van der Waals surface area (Å²) in [5.41, 5.74) is 2.99. The van der Waals surface area contributed by atoms with Gasteiger partial charge >= 0.3 is 0 Å². The minimum Gasteiger partial charge on any atom is -0.346 e. The normalized spacial score (nSPS) is 17.5. The molecule has 1 N–H and O–H groups in total. The molecule has 6 nitrogen and oxygen atoms in total. The molecule has 1 fully saturated rings. The van der Waals surface area contributed by atoms with Gasteiger partial charge < -0.3 is 9.88 Å². The summed E-state index contributed by atoms with van der Waals surface area (Å²) in [6.45, 7) is 1.13. The number of pyridine rings is 2. The van der Waals surface area contributed by atoms with Crippen molar-refractivity contribution in [3.05, 3.63) is 66.2 Å². The van der Waals surface area contributed by atoms with Crippen molar-refractivity contribution in [2.24, 2.45) is 7.05 Å². The third kappa shape index (κ3) is 3.33. The molecule has 3 aromatic heterocycles. The molecule has 1 atom stereocenters. The first kappa shape index (κ1) is 18.8. The van der Waals surface area contributed by atoms with Crippen LogP contribution in [0.15, 0.2) is 55.0 Å². The van der Waals surface area contributed by atoms with Crippen LogP contribution in [0.5, 0.6) is 0 Å². The number of anilines is 1. The Balaban J connectivity index is 1.43. The molecular formula is C24H25N5O. The van der Waals surface area contributed by atoms with Gasteiger partial charge in [0.05, 0.1) is 5.52 Å². The largest absolute Gasteiger partial charge is 0.346 e. The minimum atomic E-state index is -0.165. The van der Waals surface area contributed by atoms with E-state index in [1.165, 1.54) is 25.0 Å². The van der Waals surface area contributed by atoms with Crippen molar-refractivity contribution in [2.45, 2.75) is 25.3 Å². The van der Waals surface area contributed by atoms with Crippen LogP contribution >= 0.6 is 0 Å². The summed E-state index contributed by atoms with van der Waals surface area (Å²) in [6.07, 6.45) is 9.08. The fourth-order valence-corrected chi connectivity index (χ4v) is 4.50. The average molecular weight is 399 g/mol. The van der Waals surface area contributed by atoms with Crippen LogP contribution < -0.4 is 5.32 Å². The maximum atomic E-state index is 12.8. The second-order valence-electron chi connectivity index (χ2n) is 8.14. The maximum Gasteiger partial charge on any atom is 0.256 e. The Bertz CT molecular complexity index is 1250. The third-order valence-electron chi connectivity index (χ3n) is 6.22. The molecule has 1 saturated heterocycles. The van der Waals surface area contributed by atoms with E-state index in [2.05, 4.69) is 44.9 Å². The molecule has 0 radical (unpaired) electrons. The van der Waals surface area contributed by atoms with Gasteiger partial charge in [-0.2, -0.15) is 0 Å². The van der Waals surface area contributed by atoms with Gasteiger partial charge in [-0.3, -0.25) is 14.7 Å². The summed E-state index contributed by atoms with van der Waals surface area (Å²) >= 11 is 0. The molecule has 4 heterocycles. The maximum absolute atomic E-state index is 12.8. The van der Waals surface area contributed by atoms with Crippen LogP contribution in [0.4, 0.5) is 5.82 Å². The van der Waals surface area contributed by atoms with Crippen molar-refractivity contribution in [2.75, 3.05) is 18.9 Å². The molecule has 0 saturated carbocycles. The number of aryl methyl sites for hydroxylation is 1. The number of carbonyl (C=O) groups excluding carboxylic acids is 1. The topological polar surface area (TPSA) is 63.1 Å². The van der Waals surface area contributed by atoms with Gasteiger partial charge in [-0.05, 0) is 56.1 Å². The lowest BCUT2D eigenvalue weighted by Crippen LogP contribution is -2.30. The molecular weight excluding hydrogens is 374 g/mol. The Morgan fingerprint density at radius 1 is 1.03 bits per heavy atom. The minimum absolute atomic E-state index is 0.165. The van der Waals surface area contributed by atoms with Gasteiger partial charge in [-0.15, -0.1) is 0 Å². The first-order chi connectivity index (χ1) is 14.6. The molecule has 0 aliphatic carbocycles. The van der Waals surface area contributed by atoms with E-state index < -0.39 is 0 Å². The number of benzene rings is 1. The number of amides is 1. The number of hydrogen-bond acceptors (Lipinski definition) is 4. The number of hydrogen-bond donors (Lipinski definition) is 1. The van der Waals surface area contributed by atoms with Crippen LogP contribution in [0.1, 0.15) is 41.4 Å². The van der Waals surface area contributed by atoms with E-state index in [0.29, 0.717) is 17.4 Å². The Hall–Kier alpha value is -3.25. The zero-order valence-corrected chi connectivity index (χ0v) is 17.3. The lowest BCUT2D eigenvalue weighted by molar-refractivity contribution is 0.102. The van der Waals surface area contributed by atoms with Crippen molar-refractivity contribution in [3.63, 3.8) is 0 Å². The average Bonchev–Trinajstić information content (AvgIpc) is 3.09. The van der Waals surface area contributed by atoms with Crippen molar-refractivity contribution < 1.29 is 4.79 Å². The predicted octanol–water partition coefficient (Wildman–Crippen LogP) is 4.53. The molecule has 0 unspecified atom stereocenters. The summed E-state index contributed by atoms with van der Waals surface area (Å²) in [7, 11) is 4.30. The van der Waals surface area contributed by atoms with Crippen molar-refractivity contribution in [1.82, 2.24) is 19.4 Å². The van der Waals surface area contributed by atoms with Crippen LogP contribution in [0.2, 0.25) is 0 Å². The van der Waals surface area contributed by atoms with Crippen LogP contribution in [-0.2, 0) is 7.05 Å². The Labute approximate surface area is 175 Å². The highest BCUT2D eigenvalue weighted by atomic mass is 16.1. The summed E-state index contributed by atoms with van der Waals surface area (Å²) in [4.78, 5) is 23.8. The standard InChI is InChI=1S/C24H25N5O/c1-28-10-4-3-5-20(28)22-12-19-15-26-23(13-21(19)29(22)2)27-24(30)17-6-7-18-14-25-9-8-16(18)11-17/h6-9,11-15,20H,3-5,10H2,1-2H3,(H,26,27,30)/t20-/m1/s1. The first-order valence-corrected chi connectivity index (χ1v) is 10.4. The van der Waals surface area contributed by atoms with Gasteiger partial charge in [0.2, 0.25) is 0 Å². The smallest absolute Gasteiger partial charge is 0.256 e. The van der Waals surface area contributed by atoms with Crippen LogP contribution in [0, 0.1) is 0 Å². The van der Waals surface area contributed by atoms with Gasteiger partial charge in [0.25, 0.3) is 5.91 Å². The van der Waals surface area contributed by atoms with Crippen molar-refractivity contribution in [3.8, 4) is 0 Å². The molecule has 1 aliphatic heterocycles. The second-order valence-corrected chi connectivity index (χ2v) is 8.14. The van der Waals surface area contributed by atoms with E-state index in [1.54, 1.807) is 12.4 Å². The van der Waals surface area contributed by atoms with Gasteiger partial charge in [-0.25, -0.2) is 4.98 Å². The summed E-state index contributed by atoms with van der Waals surface area (Å²) < 4.78 is 2.24. The summed E-state index contributed by atoms with van der Waals surface area (Å²) in [5, 5.41) is 6.05. The van der Waals surface area contributed by atoms with Gasteiger partial charge in [-0.1, -0.05) is 12.5 Å². The lowest BCUT2D eigenvalue weighted by Gasteiger charge is -2.32. The third-order valence-corrected chi connectivity index (χ3v) is 6.22. The highest BCUT2D eigenvalue weighted by molar-refractivity contribution is 6.06. The summed E-state index contributed by atoms with van der Waals surface area (Å²) in [5.74, 6) is 0.397. The quantitative estimate of drug-likeness (QED) is 0.550. The molecule has 1 aromatic carbocycles. The van der Waals surface area contributed by atoms with Crippen LogP contribution in [0.25, 0.3) is 21.7 Å². The Morgan fingerprint density at radius 3 is 2.80 bits per heavy atom. The van der Waals surface area contributed by atoms with E-state index >= 15 is 0 Å². The van der Waals surface area contributed by atoms with E-state index in [4.69, 9.17) is 0 Å². The zero-order valence-electron chi connectivity index (χ0n) is 17.3. The second kappa shape index (κ2) is 7.54. The molecule has 30 heavy (non-hydrogen) atoms. The fourth-order valence-electron chi connectivity index (χ4n) is 4.50. The number of carbonyl (C=O) groups is 1. The predicted molar refractivity (Wildman–Crippen MR) is 120 cm³/mol. The molecule has 0 spiro atoms. The van der Waals surface area contributed by atoms with E-state index in [-0.39, 0.29) is 5.91 Å². The van der Waals surface area contributed by atoms with Gasteiger partial charge in [0.1, 0.15) is 5.82 Å². The number of nitrogens with one attached hydrogen (secondary N) is 1. The molecule has 6 heteroatoms. The SMILES string of the molecule is CN1CCCC[C@@H]1c1cc2cnc(NC(=O)c3ccc4cnccc4c3)cc2n1C. The molecule has 1 aliphatic rings. The van der Waals surface area contributed by atoms with E-state index in [1.807, 2.05) is 36.5 Å². The number of aromatic nitrogens is 3. The Kier molecular flexibility index (Phi) is 4.71. The summed E-state index contributed by atoms with van der Waals surface area (Å²) in [6, 6.07) is 12.1. The zero-order chi connectivity index (χ0) is 20.7. The molecule has 1 amide bonds. The van der Waals surface area contributed by atoms with Gasteiger partial charge in [0, 0.05) is 59.8 Å². The van der Waals surface area contributed by atoms with E-state index in [0.717, 1.165) is 28.2 Å². The molecule has 5 rings (SSSR count). The molecule has 0 bridgehead atoms. The highest BCUT2D eigenvalue weighted by Gasteiger charge is 2.24.